The largest absolute Gasteiger partial charge is 0.466 e. The van der Waals surface area contributed by atoms with Gasteiger partial charge in [-0.15, -0.1) is 0 Å². The summed E-state index contributed by atoms with van der Waals surface area (Å²) in [6.07, 6.45) is 31.7. The Morgan fingerprint density at radius 3 is 0.908 bits per heavy atom. The van der Waals surface area contributed by atoms with Gasteiger partial charge in [0.05, 0.1) is 56.1 Å². The molecule has 0 saturated carbocycles. The summed E-state index contributed by atoms with van der Waals surface area (Å²) in [5.74, 6) is -1.14. The molecule has 5 N–H and O–H groups in total. The average Bonchev–Trinajstić information content (AvgIpc) is 3.25. The molecule has 11 nitrogen and oxygen atoms in total. The van der Waals surface area contributed by atoms with E-state index in [4.69, 9.17) is 9.47 Å². The van der Waals surface area contributed by atoms with Crippen molar-refractivity contribution in [1.29, 1.82) is 0 Å². The number of unbranched alkanes of at least 4 members (excludes halogenated alkanes) is 22. The zero-order valence-corrected chi connectivity index (χ0v) is 43.3. The first-order valence-electron chi connectivity index (χ1n) is 27.6. The van der Waals surface area contributed by atoms with E-state index in [0.717, 1.165) is 89.9 Å². The van der Waals surface area contributed by atoms with Gasteiger partial charge < -0.3 is 35.0 Å². The normalized spacial score (nSPS) is 14.7. The van der Waals surface area contributed by atoms with E-state index in [-0.39, 0.29) is 26.1 Å². The molecule has 0 bridgehead atoms. The molecule has 0 heterocycles. The van der Waals surface area contributed by atoms with Crippen molar-refractivity contribution >= 4 is 11.9 Å². The van der Waals surface area contributed by atoms with Crippen LogP contribution in [0.1, 0.15) is 253 Å². The summed E-state index contributed by atoms with van der Waals surface area (Å²) in [5.41, 5.74) is -1.60. The third-order valence-corrected chi connectivity index (χ3v) is 12.8. The molecule has 0 aromatic rings. The van der Waals surface area contributed by atoms with E-state index in [1.54, 1.807) is 0 Å². The van der Waals surface area contributed by atoms with Crippen molar-refractivity contribution in [2.75, 3.05) is 52.5 Å². The van der Waals surface area contributed by atoms with Crippen molar-refractivity contribution in [2.45, 2.75) is 283 Å². The molecular formula is C54H108N2O9. The highest BCUT2D eigenvalue weighted by atomic mass is 16.5. The van der Waals surface area contributed by atoms with Crippen LogP contribution in [0, 0.1) is 0 Å². The number of nitrogens with zero attached hydrogens (tertiary/aromatic N) is 2. The molecule has 0 aliphatic heterocycles. The average molecular weight is 929 g/mol. The molecule has 0 fully saturated rings. The monoisotopic (exact) mass is 929 g/mol. The SMILES string of the molecule is CCCCCCCCC(O)CN(CCCCOC(=O)CC(C)(O)CC(=O)OCCCCN(CC(O)CCCCCCCC)CC(O)CCCCCCCC)CC(O)CCCCCCCC. The van der Waals surface area contributed by atoms with Gasteiger partial charge in [-0.3, -0.25) is 19.4 Å². The molecule has 0 spiro atoms. The van der Waals surface area contributed by atoms with Gasteiger partial charge in [0.15, 0.2) is 0 Å². The smallest absolute Gasteiger partial charge is 0.308 e. The first kappa shape index (κ1) is 63.7. The minimum absolute atomic E-state index is 0.191. The Hall–Kier alpha value is -1.34. The van der Waals surface area contributed by atoms with Gasteiger partial charge in [0.2, 0.25) is 0 Å². The molecule has 388 valence electrons. The van der Waals surface area contributed by atoms with Crippen LogP contribution in [0.4, 0.5) is 0 Å². The van der Waals surface area contributed by atoms with Crippen molar-refractivity contribution in [3.63, 3.8) is 0 Å². The van der Waals surface area contributed by atoms with E-state index >= 15 is 0 Å². The van der Waals surface area contributed by atoms with Crippen LogP contribution in [0.5, 0.6) is 0 Å². The quantitative estimate of drug-likeness (QED) is 0.0292. The summed E-state index contributed by atoms with van der Waals surface area (Å²) in [7, 11) is 0. The van der Waals surface area contributed by atoms with E-state index in [1.165, 1.54) is 110 Å². The summed E-state index contributed by atoms with van der Waals surface area (Å²) in [4.78, 5) is 29.7. The van der Waals surface area contributed by atoms with Crippen LogP contribution in [0.2, 0.25) is 0 Å². The van der Waals surface area contributed by atoms with Crippen LogP contribution in [-0.2, 0) is 19.1 Å². The Bertz CT molecular complexity index is 924. The lowest BCUT2D eigenvalue weighted by Crippen LogP contribution is -2.39. The van der Waals surface area contributed by atoms with Crippen LogP contribution < -0.4 is 0 Å². The van der Waals surface area contributed by atoms with Gasteiger partial charge in [-0.25, -0.2) is 0 Å². The third kappa shape index (κ3) is 43.7. The Balaban J connectivity index is 4.75. The predicted molar refractivity (Wildman–Crippen MR) is 269 cm³/mol. The van der Waals surface area contributed by atoms with Gasteiger partial charge in [0, 0.05) is 26.2 Å². The molecule has 4 unspecified atom stereocenters. The number of carbonyl (C=O) groups excluding carboxylic acids is 2. The highest BCUT2D eigenvalue weighted by Crippen LogP contribution is 2.18. The van der Waals surface area contributed by atoms with Crippen LogP contribution in [0.25, 0.3) is 0 Å². The fourth-order valence-corrected chi connectivity index (χ4v) is 8.75. The first-order chi connectivity index (χ1) is 31.3. The molecule has 0 aliphatic rings. The van der Waals surface area contributed by atoms with Gasteiger partial charge >= 0.3 is 11.9 Å². The van der Waals surface area contributed by atoms with E-state index in [9.17, 15) is 35.1 Å². The summed E-state index contributed by atoms with van der Waals surface area (Å²) >= 11 is 0. The Morgan fingerprint density at radius 1 is 0.400 bits per heavy atom. The number of rotatable bonds is 50. The van der Waals surface area contributed by atoms with Crippen molar-refractivity contribution in [3.8, 4) is 0 Å². The fraction of sp³-hybridized carbons (Fsp3) is 0.963. The van der Waals surface area contributed by atoms with Gasteiger partial charge in [0.25, 0.3) is 0 Å². The van der Waals surface area contributed by atoms with Crippen LogP contribution in [0.3, 0.4) is 0 Å². The van der Waals surface area contributed by atoms with Crippen LogP contribution in [0.15, 0.2) is 0 Å². The van der Waals surface area contributed by atoms with Crippen molar-refractivity contribution in [2.24, 2.45) is 0 Å². The molecule has 0 aliphatic carbocycles. The number of hydrogen-bond donors (Lipinski definition) is 5. The number of carbonyl (C=O) groups is 2. The molecule has 0 rings (SSSR count). The second-order valence-corrected chi connectivity index (χ2v) is 20.1. The van der Waals surface area contributed by atoms with Crippen LogP contribution in [-0.4, -0.2) is 130 Å². The minimum atomic E-state index is -1.60. The van der Waals surface area contributed by atoms with Gasteiger partial charge in [-0.2, -0.15) is 0 Å². The molecule has 0 aromatic carbocycles. The molecular weight excluding hydrogens is 821 g/mol. The highest BCUT2D eigenvalue weighted by molar-refractivity contribution is 5.74. The zero-order chi connectivity index (χ0) is 48.2. The van der Waals surface area contributed by atoms with Gasteiger partial charge in [-0.05, 0) is 71.4 Å². The topological polar surface area (TPSA) is 160 Å². The van der Waals surface area contributed by atoms with E-state index in [1.807, 2.05) is 0 Å². The summed E-state index contributed by atoms with van der Waals surface area (Å²) < 4.78 is 10.9. The number of aliphatic hydroxyl groups is 5. The molecule has 0 aromatic heterocycles. The Kier molecular flexibility index (Phi) is 44.2. The van der Waals surface area contributed by atoms with Crippen molar-refractivity contribution in [3.05, 3.63) is 0 Å². The highest BCUT2D eigenvalue weighted by Gasteiger charge is 2.29. The standard InChI is InChI=1S/C54H108N2O9/c1-6-10-14-18-22-26-34-48(57)44-55(45-49(58)35-27-23-19-15-11-7-2)38-30-32-40-64-52(61)42-54(5,63)43-53(62)65-41-33-31-39-56(46-50(59)36-28-24-20-16-12-8-3)47-51(60)37-29-25-21-17-13-9-4/h48-51,57-60,63H,6-47H2,1-5H3. The van der Waals surface area contributed by atoms with Crippen LogP contribution >= 0.6 is 0 Å². The minimum Gasteiger partial charge on any atom is -0.466 e. The molecule has 65 heavy (non-hydrogen) atoms. The molecule has 11 heteroatoms. The second-order valence-electron chi connectivity index (χ2n) is 20.1. The van der Waals surface area contributed by atoms with Gasteiger partial charge in [-0.1, -0.05) is 182 Å². The lowest BCUT2D eigenvalue weighted by atomic mass is 9.98. The first-order valence-corrected chi connectivity index (χ1v) is 27.6. The number of hydrogen-bond acceptors (Lipinski definition) is 11. The lowest BCUT2D eigenvalue weighted by molar-refractivity contribution is -0.154. The van der Waals surface area contributed by atoms with E-state index in [0.29, 0.717) is 52.1 Å². The summed E-state index contributed by atoms with van der Waals surface area (Å²) in [5, 5.41) is 54.3. The predicted octanol–water partition coefficient (Wildman–Crippen LogP) is 11.2. The Morgan fingerprint density at radius 2 is 0.646 bits per heavy atom. The number of esters is 2. The lowest BCUT2D eigenvalue weighted by Gasteiger charge is -2.27. The third-order valence-electron chi connectivity index (χ3n) is 12.8. The second kappa shape index (κ2) is 45.1. The van der Waals surface area contributed by atoms with Crippen molar-refractivity contribution < 1.29 is 44.6 Å². The molecule has 0 amide bonds. The molecule has 4 atom stereocenters. The van der Waals surface area contributed by atoms with E-state index in [2.05, 4.69) is 37.5 Å². The summed E-state index contributed by atoms with van der Waals surface area (Å²) in [6.45, 7) is 14.1. The fourth-order valence-electron chi connectivity index (χ4n) is 8.75. The van der Waals surface area contributed by atoms with Crippen molar-refractivity contribution in [1.82, 2.24) is 9.80 Å². The number of aliphatic hydroxyl groups excluding tert-OH is 4. The Labute approximate surface area is 400 Å². The number of ether oxygens (including phenoxy) is 2. The van der Waals surface area contributed by atoms with E-state index < -0.39 is 42.0 Å². The molecule has 0 radical (unpaired) electrons. The maximum atomic E-state index is 12.7. The molecule has 0 saturated heterocycles. The zero-order valence-electron chi connectivity index (χ0n) is 43.3. The van der Waals surface area contributed by atoms with Gasteiger partial charge in [0.1, 0.15) is 0 Å². The maximum absolute atomic E-state index is 12.7. The maximum Gasteiger partial charge on any atom is 0.308 e. The summed E-state index contributed by atoms with van der Waals surface area (Å²) in [6, 6.07) is 0.